The van der Waals surface area contributed by atoms with E-state index in [4.69, 9.17) is 14.6 Å². The van der Waals surface area contributed by atoms with Crippen LogP contribution in [0, 0.1) is 0 Å². The summed E-state index contributed by atoms with van der Waals surface area (Å²) in [5, 5.41) is 8.81. The lowest BCUT2D eigenvalue weighted by atomic mass is 10.3. The van der Waals surface area contributed by atoms with Crippen LogP contribution in [0.1, 0.15) is 10.5 Å². The third kappa shape index (κ3) is 2.57. The van der Waals surface area contributed by atoms with Crippen molar-refractivity contribution in [3.8, 4) is 0 Å². The smallest absolute Gasteiger partial charge is 0.352 e. The topological polar surface area (TPSA) is 109 Å². The zero-order valence-corrected chi connectivity index (χ0v) is 11.9. The second-order valence-corrected chi connectivity index (χ2v) is 6.36. The van der Waals surface area contributed by atoms with Gasteiger partial charge in [0.05, 0.1) is 12.2 Å². The molecular formula is C11H16N2O6S. The van der Waals surface area contributed by atoms with Crippen LogP contribution in [-0.4, -0.2) is 68.3 Å². The zero-order valence-electron chi connectivity index (χ0n) is 11.1. The predicted octanol–water partition coefficient (Wildman–Crippen LogP) is -0.253. The Morgan fingerprint density at radius 2 is 1.90 bits per heavy atom. The van der Waals surface area contributed by atoms with Gasteiger partial charge >= 0.3 is 5.97 Å². The van der Waals surface area contributed by atoms with Gasteiger partial charge < -0.3 is 19.6 Å². The molecule has 1 aromatic heterocycles. The molecule has 9 heteroatoms. The van der Waals surface area contributed by atoms with Crippen molar-refractivity contribution in [3.05, 3.63) is 18.0 Å². The van der Waals surface area contributed by atoms with E-state index in [1.54, 1.807) is 0 Å². The number of nitrogens with zero attached hydrogens (tertiary/aromatic N) is 1. The number of aromatic carboxylic acids is 1. The van der Waals surface area contributed by atoms with E-state index in [2.05, 4.69) is 4.98 Å². The van der Waals surface area contributed by atoms with E-state index in [0.717, 1.165) is 6.07 Å². The van der Waals surface area contributed by atoms with Crippen molar-refractivity contribution in [3.63, 3.8) is 0 Å². The van der Waals surface area contributed by atoms with Crippen molar-refractivity contribution in [2.45, 2.75) is 17.1 Å². The van der Waals surface area contributed by atoms with Crippen LogP contribution in [0.25, 0.3) is 0 Å². The molecule has 0 amide bonds. The molecule has 0 aliphatic carbocycles. The van der Waals surface area contributed by atoms with Gasteiger partial charge in [-0.05, 0) is 6.07 Å². The maximum atomic E-state index is 12.4. The molecule has 1 aliphatic heterocycles. The molecular weight excluding hydrogens is 288 g/mol. The standard InChI is InChI=1S/C11H16N2O6S/c1-18-9-5-13(6-10(9)19-2)20(16,17)7-3-8(11(14)15)12-4-7/h3-4,9-10,12H,5-6H2,1-2H3,(H,14,15). The second kappa shape index (κ2) is 5.52. The molecule has 0 radical (unpaired) electrons. The minimum atomic E-state index is -3.76. The first-order valence-electron chi connectivity index (χ1n) is 5.87. The molecule has 1 saturated heterocycles. The Kier molecular flexibility index (Phi) is 4.14. The van der Waals surface area contributed by atoms with Crippen molar-refractivity contribution >= 4 is 16.0 Å². The fraction of sp³-hybridized carbons (Fsp3) is 0.545. The first-order valence-corrected chi connectivity index (χ1v) is 7.31. The first-order chi connectivity index (χ1) is 9.40. The number of carboxylic acid groups (broad SMARTS) is 1. The molecule has 20 heavy (non-hydrogen) atoms. The maximum Gasteiger partial charge on any atom is 0.352 e. The summed E-state index contributed by atoms with van der Waals surface area (Å²) in [6.45, 7) is 0.343. The lowest BCUT2D eigenvalue weighted by molar-refractivity contribution is -0.00461. The molecule has 1 fully saturated rings. The number of nitrogens with one attached hydrogen (secondary N) is 1. The Bertz CT molecular complexity index is 584. The van der Waals surface area contributed by atoms with Crippen LogP contribution in [0.2, 0.25) is 0 Å². The maximum absolute atomic E-state index is 12.4. The highest BCUT2D eigenvalue weighted by molar-refractivity contribution is 7.89. The highest BCUT2D eigenvalue weighted by atomic mass is 32.2. The zero-order chi connectivity index (χ0) is 14.9. The largest absolute Gasteiger partial charge is 0.477 e. The van der Waals surface area contributed by atoms with Gasteiger partial charge in [-0.3, -0.25) is 0 Å². The van der Waals surface area contributed by atoms with E-state index in [0.29, 0.717) is 0 Å². The average Bonchev–Trinajstić information content (AvgIpc) is 3.05. The number of ether oxygens (including phenoxy) is 2. The number of aromatic nitrogens is 1. The first kappa shape index (κ1) is 15.0. The van der Waals surface area contributed by atoms with Gasteiger partial charge in [0, 0.05) is 33.5 Å². The van der Waals surface area contributed by atoms with Gasteiger partial charge in [-0.2, -0.15) is 4.31 Å². The molecule has 112 valence electrons. The molecule has 2 unspecified atom stereocenters. The van der Waals surface area contributed by atoms with E-state index < -0.39 is 16.0 Å². The quantitative estimate of drug-likeness (QED) is 0.776. The van der Waals surface area contributed by atoms with Crippen molar-refractivity contribution in [1.29, 1.82) is 0 Å². The highest BCUT2D eigenvalue weighted by Crippen LogP contribution is 2.24. The van der Waals surface area contributed by atoms with Gasteiger partial charge in [-0.15, -0.1) is 0 Å². The third-order valence-corrected chi connectivity index (χ3v) is 5.12. The van der Waals surface area contributed by atoms with E-state index in [1.165, 1.54) is 24.7 Å². The van der Waals surface area contributed by atoms with E-state index in [9.17, 15) is 13.2 Å². The fourth-order valence-electron chi connectivity index (χ4n) is 2.16. The van der Waals surface area contributed by atoms with Crippen LogP contribution in [-0.2, 0) is 19.5 Å². The molecule has 2 N–H and O–H groups in total. The van der Waals surface area contributed by atoms with Crippen LogP contribution in [0.5, 0.6) is 0 Å². The summed E-state index contributed by atoms with van der Waals surface area (Å²) in [4.78, 5) is 13.1. The van der Waals surface area contributed by atoms with Crippen LogP contribution in [0.4, 0.5) is 0 Å². The molecule has 2 rings (SSSR count). The predicted molar refractivity (Wildman–Crippen MR) is 68.1 cm³/mol. The number of H-pyrrole nitrogens is 1. The highest BCUT2D eigenvalue weighted by Gasteiger charge is 2.40. The van der Waals surface area contributed by atoms with Gasteiger partial charge in [0.1, 0.15) is 10.6 Å². The summed E-state index contributed by atoms with van der Waals surface area (Å²) in [5.41, 5.74) is -0.172. The van der Waals surface area contributed by atoms with Crippen LogP contribution >= 0.6 is 0 Å². The van der Waals surface area contributed by atoms with Gasteiger partial charge in [-0.25, -0.2) is 13.2 Å². The Balaban J connectivity index is 2.24. The molecule has 1 aromatic rings. The van der Waals surface area contributed by atoms with Crippen LogP contribution in [0.3, 0.4) is 0 Å². The van der Waals surface area contributed by atoms with Gasteiger partial charge in [-0.1, -0.05) is 0 Å². The molecule has 0 aromatic carbocycles. The minimum Gasteiger partial charge on any atom is -0.477 e. The lowest BCUT2D eigenvalue weighted by Gasteiger charge is -2.14. The van der Waals surface area contributed by atoms with Gasteiger partial charge in [0.2, 0.25) is 10.0 Å². The van der Waals surface area contributed by atoms with Gasteiger partial charge in [0.25, 0.3) is 0 Å². The number of carboxylic acids is 1. The summed E-state index contributed by atoms with van der Waals surface area (Å²) in [6, 6.07) is 1.10. The number of rotatable bonds is 5. The average molecular weight is 304 g/mol. The number of methoxy groups -OCH3 is 2. The Labute approximate surface area is 116 Å². The lowest BCUT2D eigenvalue weighted by Crippen LogP contribution is -2.30. The van der Waals surface area contributed by atoms with Crippen molar-refractivity contribution in [2.24, 2.45) is 0 Å². The second-order valence-electron chi connectivity index (χ2n) is 4.42. The van der Waals surface area contributed by atoms with Crippen LogP contribution in [0.15, 0.2) is 17.2 Å². The third-order valence-electron chi connectivity index (χ3n) is 3.31. The number of aromatic amines is 1. The fourth-order valence-corrected chi connectivity index (χ4v) is 3.62. The van der Waals surface area contributed by atoms with Crippen molar-refractivity contribution in [2.75, 3.05) is 27.3 Å². The van der Waals surface area contributed by atoms with Crippen LogP contribution < -0.4 is 0 Å². The number of hydrogen-bond donors (Lipinski definition) is 2. The monoisotopic (exact) mass is 304 g/mol. The molecule has 0 spiro atoms. The Morgan fingerprint density at radius 3 is 2.30 bits per heavy atom. The Morgan fingerprint density at radius 1 is 1.35 bits per heavy atom. The van der Waals surface area contributed by atoms with E-state index in [1.807, 2.05) is 0 Å². The van der Waals surface area contributed by atoms with Crippen molar-refractivity contribution in [1.82, 2.24) is 9.29 Å². The molecule has 0 saturated carbocycles. The van der Waals surface area contributed by atoms with E-state index >= 15 is 0 Å². The molecule has 1 aliphatic rings. The summed E-state index contributed by atoms with van der Waals surface area (Å²) in [7, 11) is -0.775. The SMILES string of the molecule is COC1CN(S(=O)(=O)c2c[nH]c(C(=O)O)c2)CC1OC. The summed E-state index contributed by atoms with van der Waals surface area (Å²) >= 11 is 0. The number of sulfonamides is 1. The normalized spacial score (nSPS) is 24.1. The molecule has 8 nitrogen and oxygen atoms in total. The number of carbonyl (C=O) groups is 1. The summed E-state index contributed by atoms with van der Waals surface area (Å²) in [5.74, 6) is -1.21. The Hall–Kier alpha value is -1.42. The molecule has 2 heterocycles. The molecule has 0 bridgehead atoms. The number of hydrogen-bond acceptors (Lipinski definition) is 5. The minimum absolute atomic E-state index is 0.0819. The van der Waals surface area contributed by atoms with Gasteiger partial charge in [0.15, 0.2) is 0 Å². The molecule has 2 atom stereocenters. The van der Waals surface area contributed by atoms with E-state index in [-0.39, 0.29) is 35.9 Å². The van der Waals surface area contributed by atoms with Crippen molar-refractivity contribution < 1.29 is 27.8 Å². The summed E-state index contributed by atoms with van der Waals surface area (Å²) in [6.07, 6.45) is 0.487. The summed E-state index contributed by atoms with van der Waals surface area (Å²) < 4.78 is 36.4.